The molecule has 0 bridgehead atoms. The van der Waals surface area contributed by atoms with Crippen LogP contribution in [-0.2, 0) is 0 Å². The average molecular weight is 245 g/mol. The number of halogens is 1. The largest absolute Gasteiger partial charge is 0.333 e. The van der Waals surface area contributed by atoms with Crippen molar-refractivity contribution in [3.05, 3.63) is 21.3 Å². The summed E-state index contributed by atoms with van der Waals surface area (Å²) >= 11 is 7.36. The van der Waals surface area contributed by atoms with Crippen molar-refractivity contribution in [2.24, 2.45) is 0 Å². The van der Waals surface area contributed by atoms with Gasteiger partial charge in [0.1, 0.15) is 4.88 Å². The Morgan fingerprint density at radius 1 is 1.73 bits per heavy atom. The summed E-state index contributed by atoms with van der Waals surface area (Å²) < 4.78 is 0. The predicted molar refractivity (Wildman–Crippen MR) is 62.7 cm³/mol. The van der Waals surface area contributed by atoms with Gasteiger partial charge in [-0.3, -0.25) is 4.79 Å². The average Bonchev–Trinajstić information content (AvgIpc) is 2.64. The summed E-state index contributed by atoms with van der Waals surface area (Å²) in [5.41, 5.74) is 0. The number of hydrogen-bond acceptors (Lipinski definition) is 3. The molecule has 0 spiro atoms. The lowest BCUT2D eigenvalue weighted by molar-refractivity contribution is 0.0661. The SMILES string of the molecule is CC1CNCCN1C(=O)c1sccc1Cl. The van der Waals surface area contributed by atoms with Crippen LogP contribution < -0.4 is 5.32 Å². The number of carbonyl (C=O) groups is 1. The van der Waals surface area contributed by atoms with Gasteiger partial charge >= 0.3 is 0 Å². The molecule has 1 aliphatic heterocycles. The molecule has 1 aliphatic rings. The number of piperazine rings is 1. The number of thiophene rings is 1. The van der Waals surface area contributed by atoms with Crippen LogP contribution in [0.25, 0.3) is 0 Å². The Balaban J connectivity index is 2.17. The zero-order chi connectivity index (χ0) is 10.8. The molecule has 0 aromatic carbocycles. The van der Waals surface area contributed by atoms with Crippen LogP contribution in [0.5, 0.6) is 0 Å². The molecular formula is C10H13ClN2OS. The number of nitrogens with one attached hydrogen (secondary N) is 1. The second-order valence-corrected chi connectivity index (χ2v) is 4.97. The van der Waals surface area contributed by atoms with Gasteiger partial charge in [-0.15, -0.1) is 11.3 Å². The predicted octanol–water partition coefficient (Wildman–Crippen LogP) is 1.84. The summed E-state index contributed by atoms with van der Waals surface area (Å²) in [6, 6.07) is 2.01. The third-order valence-electron chi connectivity index (χ3n) is 2.57. The molecule has 0 radical (unpaired) electrons. The summed E-state index contributed by atoms with van der Waals surface area (Å²) in [6.45, 7) is 4.52. The van der Waals surface area contributed by atoms with Crippen LogP contribution in [0.15, 0.2) is 11.4 Å². The van der Waals surface area contributed by atoms with E-state index in [2.05, 4.69) is 5.32 Å². The first kappa shape index (κ1) is 10.9. The third kappa shape index (κ3) is 2.17. The Morgan fingerprint density at radius 2 is 2.53 bits per heavy atom. The van der Waals surface area contributed by atoms with E-state index < -0.39 is 0 Å². The van der Waals surface area contributed by atoms with Crippen LogP contribution in [0.1, 0.15) is 16.6 Å². The number of nitrogens with zero attached hydrogens (tertiary/aromatic N) is 1. The zero-order valence-corrected chi connectivity index (χ0v) is 10.1. The van der Waals surface area contributed by atoms with Gasteiger partial charge in [-0.2, -0.15) is 0 Å². The molecular weight excluding hydrogens is 232 g/mol. The van der Waals surface area contributed by atoms with Crippen molar-refractivity contribution >= 4 is 28.8 Å². The van der Waals surface area contributed by atoms with Gasteiger partial charge in [0, 0.05) is 25.7 Å². The topological polar surface area (TPSA) is 32.3 Å². The molecule has 2 heterocycles. The molecule has 1 aromatic heterocycles. The first-order chi connectivity index (χ1) is 7.20. The Bertz CT molecular complexity index is 366. The number of carbonyl (C=O) groups excluding carboxylic acids is 1. The number of hydrogen-bond donors (Lipinski definition) is 1. The van der Waals surface area contributed by atoms with E-state index in [1.54, 1.807) is 6.07 Å². The summed E-state index contributed by atoms with van der Waals surface area (Å²) in [5.74, 6) is 0.0593. The fraction of sp³-hybridized carbons (Fsp3) is 0.500. The Hall–Kier alpha value is -0.580. The molecule has 15 heavy (non-hydrogen) atoms. The van der Waals surface area contributed by atoms with Crippen LogP contribution in [0.3, 0.4) is 0 Å². The van der Waals surface area contributed by atoms with Crippen LogP contribution in [0.2, 0.25) is 5.02 Å². The molecule has 1 aromatic rings. The maximum atomic E-state index is 12.1. The molecule has 0 saturated carbocycles. The fourth-order valence-corrected chi connectivity index (χ4v) is 2.81. The van der Waals surface area contributed by atoms with Gasteiger partial charge in [0.05, 0.1) is 5.02 Å². The van der Waals surface area contributed by atoms with Crippen molar-refractivity contribution in [2.45, 2.75) is 13.0 Å². The highest BCUT2D eigenvalue weighted by Gasteiger charge is 2.25. The van der Waals surface area contributed by atoms with Gasteiger partial charge in [-0.05, 0) is 18.4 Å². The fourth-order valence-electron chi connectivity index (χ4n) is 1.72. The first-order valence-corrected chi connectivity index (χ1v) is 6.20. The van der Waals surface area contributed by atoms with E-state index >= 15 is 0 Å². The van der Waals surface area contributed by atoms with E-state index in [-0.39, 0.29) is 11.9 Å². The monoisotopic (exact) mass is 244 g/mol. The van der Waals surface area contributed by atoms with E-state index in [9.17, 15) is 4.79 Å². The first-order valence-electron chi connectivity index (χ1n) is 4.95. The minimum atomic E-state index is 0.0593. The van der Waals surface area contributed by atoms with Crippen LogP contribution in [-0.4, -0.2) is 36.5 Å². The summed E-state index contributed by atoms with van der Waals surface area (Å²) in [4.78, 5) is 14.7. The molecule has 3 nitrogen and oxygen atoms in total. The smallest absolute Gasteiger partial charge is 0.265 e. The Labute approximate surface area is 98.0 Å². The molecule has 1 saturated heterocycles. The minimum absolute atomic E-state index is 0.0593. The molecule has 1 amide bonds. The molecule has 1 fully saturated rings. The van der Waals surface area contributed by atoms with Crippen LogP contribution in [0, 0.1) is 0 Å². The second kappa shape index (κ2) is 4.51. The van der Waals surface area contributed by atoms with Crippen molar-refractivity contribution in [3.63, 3.8) is 0 Å². The minimum Gasteiger partial charge on any atom is -0.333 e. The highest BCUT2D eigenvalue weighted by atomic mass is 35.5. The van der Waals surface area contributed by atoms with Gasteiger partial charge in [-0.1, -0.05) is 11.6 Å². The Morgan fingerprint density at radius 3 is 3.13 bits per heavy atom. The third-order valence-corrected chi connectivity index (χ3v) is 3.90. The van der Waals surface area contributed by atoms with Crippen molar-refractivity contribution in [3.8, 4) is 0 Å². The van der Waals surface area contributed by atoms with Gasteiger partial charge in [0.25, 0.3) is 5.91 Å². The second-order valence-electron chi connectivity index (χ2n) is 3.65. The van der Waals surface area contributed by atoms with Crippen LogP contribution >= 0.6 is 22.9 Å². The zero-order valence-electron chi connectivity index (χ0n) is 8.50. The molecule has 5 heteroatoms. The van der Waals surface area contributed by atoms with Gasteiger partial charge in [0.2, 0.25) is 0 Å². The molecule has 2 rings (SSSR count). The van der Waals surface area contributed by atoms with Crippen molar-refractivity contribution in [1.29, 1.82) is 0 Å². The van der Waals surface area contributed by atoms with E-state index in [4.69, 9.17) is 11.6 Å². The lowest BCUT2D eigenvalue weighted by Gasteiger charge is -2.33. The molecule has 1 atom stereocenters. The molecule has 82 valence electrons. The normalized spacial score (nSPS) is 21.7. The maximum absolute atomic E-state index is 12.1. The quantitative estimate of drug-likeness (QED) is 0.818. The van der Waals surface area contributed by atoms with Crippen LogP contribution in [0.4, 0.5) is 0 Å². The Kier molecular flexibility index (Phi) is 3.29. The van der Waals surface area contributed by atoms with Gasteiger partial charge in [0.15, 0.2) is 0 Å². The highest BCUT2D eigenvalue weighted by molar-refractivity contribution is 7.12. The molecule has 0 aliphatic carbocycles. The lowest BCUT2D eigenvalue weighted by atomic mass is 10.2. The van der Waals surface area contributed by atoms with Crippen molar-refractivity contribution in [1.82, 2.24) is 10.2 Å². The molecule has 1 N–H and O–H groups in total. The lowest BCUT2D eigenvalue weighted by Crippen LogP contribution is -2.52. The van der Waals surface area contributed by atoms with E-state index in [1.165, 1.54) is 11.3 Å². The molecule has 1 unspecified atom stereocenters. The summed E-state index contributed by atoms with van der Waals surface area (Å²) in [6.07, 6.45) is 0. The van der Waals surface area contributed by atoms with Crippen molar-refractivity contribution in [2.75, 3.05) is 19.6 Å². The van der Waals surface area contributed by atoms with E-state index in [0.717, 1.165) is 19.6 Å². The highest BCUT2D eigenvalue weighted by Crippen LogP contribution is 2.24. The number of amides is 1. The number of rotatable bonds is 1. The standard InChI is InChI=1S/C10H13ClN2OS/c1-7-6-12-3-4-13(7)10(14)9-8(11)2-5-15-9/h2,5,7,12H,3-4,6H2,1H3. The van der Waals surface area contributed by atoms with Gasteiger partial charge in [-0.25, -0.2) is 0 Å². The maximum Gasteiger partial charge on any atom is 0.265 e. The van der Waals surface area contributed by atoms with Crippen molar-refractivity contribution < 1.29 is 4.79 Å². The summed E-state index contributed by atoms with van der Waals surface area (Å²) in [5, 5.41) is 5.67. The van der Waals surface area contributed by atoms with E-state index in [0.29, 0.717) is 9.90 Å². The van der Waals surface area contributed by atoms with E-state index in [1.807, 2.05) is 17.2 Å². The summed E-state index contributed by atoms with van der Waals surface area (Å²) in [7, 11) is 0. The van der Waals surface area contributed by atoms with Gasteiger partial charge < -0.3 is 10.2 Å².